The molecule has 1 unspecified atom stereocenters. The second-order valence-electron chi connectivity index (χ2n) is 4.20. The van der Waals surface area contributed by atoms with Gasteiger partial charge in [0.2, 0.25) is 0 Å². The van der Waals surface area contributed by atoms with Gasteiger partial charge in [0, 0.05) is 40.6 Å². The number of halogens is 1. The molecule has 1 heterocycles. The summed E-state index contributed by atoms with van der Waals surface area (Å²) in [6, 6.07) is 5.20. The highest BCUT2D eigenvalue weighted by Gasteiger charge is 2.30. The summed E-state index contributed by atoms with van der Waals surface area (Å²) >= 11 is 5.97. The first-order chi connectivity index (χ1) is 9.06. The summed E-state index contributed by atoms with van der Waals surface area (Å²) in [4.78, 5) is 11.4. The van der Waals surface area contributed by atoms with Crippen molar-refractivity contribution < 1.29 is 9.53 Å². The van der Waals surface area contributed by atoms with Crippen LogP contribution in [0.3, 0.4) is 0 Å². The maximum absolute atomic E-state index is 11.4. The summed E-state index contributed by atoms with van der Waals surface area (Å²) in [6.45, 7) is 3.66. The number of allylic oxidation sites excluding steroid dienone is 1. The number of ether oxygens (including phenoxy) is 1. The summed E-state index contributed by atoms with van der Waals surface area (Å²) in [7, 11) is 0. The van der Waals surface area contributed by atoms with Gasteiger partial charge >= 0.3 is 5.97 Å². The zero-order valence-corrected chi connectivity index (χ0v) is 10.9. The molecule has 1 aromatic carbocycles. The average Bonchev–Trinajstić information content (AvgIpc) is 2.71. The fraction of sp³-hybridized carbons (Fsp3) is 0.143. The maximum Gasteiger partial charge on any atom is 0.334 e. The molecule has 2 rings (SSSR count). The number of carbonyl (C=O) groups excluding carboxylic acids is 1. The molecule has 0 bridgehead atoms. The predicted octanol–water partition coefficient (Wildman–Crippen LogP) is 2.83. The first-order valence-electron chi connectivity index (χ1n) is 5.67. The second kappa shape index (κ2) is 5.28. The van der Waals surface area contributed by atoms with Gasteiger partial charge in [-0.3, -0.25) is 0 Å². The Balaban J connectivity index is 2.49. The minimum atomic E-state index is -0.401. The smallest absolute Gasteiger partial charge is 0.334 e. The van der Waals surface area contributed by atoms with E-state index in [2.05, 4.69) is 6.58 Å². The van der Waals surface area contributed by atoms with Crippen molar-refractivity contribution in [2.45, 2.75) is 12.5 Å². The summed E-state index contributed by atoms with van der Waals surface area (Å²) in [5.74, 6) is -0.390. The normalized spacial score (nSPS) is 19.4. The third-order valence-corrected chi connectivity index (χ3v) is 3.21. The number of carbonyl (C=O) groups is 1. The molecule has 98 valence electrons. The highest BCUT2D eigenvalue weighted by atomic mass is 35.5. The predicted molar refractivity (Wildman–Crippen MR) is 75.0 cm³/mol. The Morgan fingerprint density at radius 3 is 2.84 bits per heavy atom. The number of hydrogen-bond acceptors (Lipinski definition) is 4. The Labute approximate surface area is 116 Å². The van der Waals surface area contributed by atoms with Gasteiger partial charge in [-0.2, -0.15) is 0 Å². The molecule has 0 aliphatic carbocycles. The van der Waals surface area contributed by atoms with Gasteiger partial charge < -0.3 is 15.9 Å². The lowest BCUT2D eigenvalue weighted by molar-refractivity contribution is -0.139. The fourth-order valence-corrected chi connectivity index (χ4v) is 2.18. The molecule has 19 heavy (non-hydrogen) atoms. The Bertz CT molecular complexity index is 577. The lowest BCUT2D eigenvalue weighted by atomic mass is 9.95. The molecule has 4 nitrogen and oxygen atoms in total. The van der Waals surface area contributed by atoms with Crippen LogP contribution in [-0.4, -0.2) is 12.2 Å². The van der Waals surface area contributed by atoms with Gasteiger partial charge in [0.15, 0.2) is 0 Å². The zero-order chi connectivity index (χ0) is 14.0. The Morgan fingerprint density at radius 1 is 1.58 bits per heavy atom. The standard InChI is InChI=1S/C14H13ClN2O2/c1-8-4-13(19-14(8)18)11-3-2-10(15)5-12(11)9(6-16)7-17/h2-3,5-7,13,16H,1,4,17H2/b9-7+,16-6?. The largest absolute Gasteiger partial charge is 0.454 e. The Kier molecular flexibility index (Phi) is 3.71. The molecule has 0 spiro atoms. The number of benzene rings is 1. The highest BCUT2D eigenvalue weighted by Crippen LogP contribution is 2.36. The highest BCUT2D eigenvalue weighted by molar-refractivity contribution is 6.31. The van der Waals surface area contributed by atoms with Crippen LogP contribution in [0.1, 0.15) is 23.7 Å². The van der Waals surface area contributed by atoms with Gasteiger partial charge in [-0.1, -0.05) is 24.2 Å². The van der Waals surface area contributed by atoms with Crippen LogP contribution >= 0.6 is 11.6 Å². The molecule has 0 saturated carbocycles. The molecular weight excluding hydrogens is 264 g/mol. The number of nitrogens with one attached hydrogen (secondary N) is 1. The van der Waals surface area contributed by atoms with Crippen molar-refractivity contribution in [3.05, 3.63) is 52.7 Å². The van der Waals surface area contributed by atoms with E-state index in [1.807, 2.05) is 0 Å². The number of cyclic esters (lactones) is 1. The topological polar surface area (TPSA) is 76.2 Å². The van der Waals surface area contributed by atoms with Crippen molar-refractivity contribution in [2.75, 3.05) is 0 Å². The van der Waals surface area contributed by atoms with Crippen LogP contribution in [0, 0.1) is 5.41 Å². The number of rotatable bonds is 3. The summed E-state index contributed by atoms with van der Waals surface area (Å²) < 4.78 is 5.25. The number of hydrogen-bond donors (Lipinski definition) is 2. The van der Waals surface area contributed by atoms with E-state index >= 15 is 0 Å². The quantitative estimate of drug-likeness (QED) is 0.506. The summed E-state index contributed by atoms with van der Waals surface area (Å²) in [6.07, 6.45) is 2.50. The molecule has 3 N–H and O–H groups in total. The minimum Gasteiger partial charge on any atom is -0.454 e. The van der Waals surface area contributed by atoms with Gasteiger partial charge in [0.25, 0.3) is 0 Å². The number of nitrogens with two attached hydrogens (primary N) is 1. The van der Waals surface area contributed by atoms with Crippen LogP contribution in [0.4, 0.5) is 0 Å². The van der Waals surface area contributed by atoms with Gasteiger partial charge in [0.1, 0.15) is 6.10 Å². The van der Waals surface area contributed by atoms with E-state index in [4.69, 9.17) is 27.5 Å². The van der Waals surface area contributed by atoms with E-state index in [0.717, 1.165) is 11.8 Å². The van der Waals surface area contributed by atoms with E-state index in [-0.39, 0.29) is 5.97 Å². The molecule has 1 aliphatic heterocycles. The van der Waals surface area contributed by atoms with Gasteiger partial charge in [-0.25, -0.2) is 4.79 Å². The van der Waals surface area contributed by atoms with Crippen molar-refractivity contribution in [2.24, 2.45) is 5.73 Å². The maximum atomic E-state index is 11.4. The van der Waals surface area contributed by atoms with E-state index in [9.17, 15) is 4.79 Å². The third-order valence-electron chi connectivity index (χ3n) is 2.98. The van der Waals surface area contributed by atoms with Crippen LogP contribution in [0.2, 0.25) is 5.02 Å². The minimum absolute atomic E-state index is 0.390. The number of esters is 1. The van der Waals surface area contributed by atoms with Crippen LogP contribution in [-0.2, 0) is 9.53 Å². The molecule has 5 heteroatoms. The van der Waals surface area contributed by atoms with Crippen LogP contribution in [0.25, 0.3) is 5.57 Å². The zero-order valence-electron chi connectivity index (χ0n) is 10.2. The first-order valence-corrected chi connectivity index (χ1v) is 6.05. The monoisotopic (exact) mass is 276 g/mol. The molecule has 0 radical (unpaired) electrons. The van der Waals surface area contributed by atoms with Gasteiger partial charge in [-0.15, -0.1) is 0 Å². The van der Waals surface area contributed by atoms with Crippen molar-refractivity contribution in [1.82, 2.24) is 0 Å². The molecule has 1 aliphatic rings. The Morgan fingerprint density at radius 2 is 2.32 bits per heavy atom. The molecule has 0 aromatic heterocycles. The van der Waals surface area contributed by atoms with Crippen LogP contribution < -0.4 is 5.73 Å². The molecule has 1 atom stereocenters. The first kappa shape index (κ1) is 13.4. The van der Waals surface area contributed by atoms with Crippen molar-refractivity contribution in [3.63, 3.8) is 0 Å². The van der Waals surface area contributed by atoms with Gasteiger partial charge in [-0.05, 0) is 17.7 Å². The van der Waals surface area contributed by atoms with E-state index in [1.165, 1.54) is 6.20 Å². The lowest BCUT2D eigenvalue weighted by Crippen LogP contribution is -2.04. The van der Waals surface area contributed by atoms with Crippen molar-refractivity contribution in [3.8, 4) is 0 Å². The SMILES string of the molecule is C=C1CC(c2ccc(Cl)cc2/C(C=N)=C/N)OC1=O. The summed E-state index contributed by atoms with van der Waals surface area (Å²) in [5, 5.41) is 7.90. The molecule has 0 amide bonds. The van der Waals surface area contributed by atoms with Crippen LogP contribution in [0.15, 0.2) is 36.6 Å². The van der Waals surface area contributed by atoms with E-state index in [0.29, 0.717) is 28.2 Å². The lowest BCUT2D eigenvalue weighted by Gasteiger charge is -2.15. The molecular formula is C14H13ClN2O2. The third kappa shape index (κ3) is 2.53. The van der Waals surface area contributed by atoms with Crippen molar-refractivity contribution >= 4 is 29.4 Å². The van der Waals surface area contributed by atoms with Crippen molar-refractivity contribution in [1.29, 1.82) is 5.41 Å². The average molecular weight is 277 g/mol. The summed E-state index contributed by atoms with van der Waals surface area (Å²) in [5.41, 5.74) is 7.94. The molecule has 1 saturated heterocycles. The van der Waals surface area contributed by atoms with E-state index < -0.39 is 6.10 Å². The van der Waals surface area contributed by atoms with E-state index in [1.54, 1.807) is 18.2 Å². The Hall–Kier alpha value is -2.07. The second-order valence-corrected chi connectivity index (χ2v) is 4.64. The molecule has 1 fully saturated rings. The van der Waals surface area contributed by atoms with Crippen LogP contribution in [0.5, 0.6) is 0 Å². The fourth-order valence-electron chi connectivity index (χ4n) is 2.01. The molecule has 1 aromatic rings. The van der Waals surface area contributed by atoms with Gasteiger partial charge in [0.05, 0.1) is 0 Å².